The number of halogens is 2. The Balaban J connectivity index is 0.00000225. The minimum Gasteiger partial charge on any atom is -0.478 e. The Bertz CT molecular complexity index is 733. The Morgan fingerprint density at radius 2 is 1.52 bits per heavy atom. The molecule has 1 N–H and O–H groups in total. The summed E-state index contributed by atoms with van der Waals surface area (Å²) < 4.78 is 0. The topological polar surface area (TPSA) is 40.5 Å². The molecule has 132 valence electrons. The first kappa shape index (κ1) is 19.5. The van der Waals surface area contributed by atoms with Crippen molar-refractivity contribution in [3.05, 3.63) is 76.3 Å². The van der Waals surface area contributed by atoms with Crippen molar-refractivity contribution in [1.29, 1.82) is 0 Å². The maximum atomic E-state index is 11.2. The van der Waals surface area contributed by atoms with Crippen LogP contribution in [0.15, 0.2) is 54.6 Å². The molecule has 0 spiro atoms. The van der Waals surface area contributed by atoms with Crippen molar-refractivity contribution < 1.29 is 9.90 Å². The fraction of sp³-hybridized carbons (Fsp3) is 0.250. The summed E-state index contributed by atoms with van der Waals surface area (Å²) in [5.74, 6) is -0.957. The monoisotopic (exact) mass is 377 g/mol. The molecule has 0 atom stereocenters. The molecule has 0 bridgehead atoms. The van der Waals surface area contributed by atoms with Crippen LogP contribution in [0.4, 0.5) is 0 Å². The smallest absolute Gasteiger partial charge is 0.328 e. The zero-order chi connectivity index (χ0) is 16.9. The van der Waals surface area contributed by atoms with Gasteiger partial charge in [-0.25, -0.2) is 4.79 Å². The number of rotatable bonds is 5. The molecule has 0 saturated carbocycles. The van der Waals surface area contributed by atoms with Crippen molar-refractivity contribution in [2.45, 2.75) is 19.4 Å². The first-order chi connectivity index (χ1) is 11.6. The van der Waals surface area contributed by atoms with Crippen LogP contribution in [0, 0.1) is 0 Å². The van der Waals surface area contributed by atoms with Crippen LogP contribution in [0.3, 0.4) is 0 Å². The van der Waals surface area contributed by atoms with Gasteiger partial charge in [-0.1, -0.05) is 48.0 Å². The highest BCUT2D eigenvalue weighted by atomic mass is 35.5. The summed E-state index contributed by atoms with van der Waals surface area (Å²) in [7, 11) is 0. The molecule has 0 aromatic heterocycles. The maximum absolute atomic E-state index is 11.2. The molecule has 0 radical (unpaired) electrons. The predicted molar refractivity (Wildman–Crippen MR) is 104 cm³/mol. The van der Waals surface area contributed by atoms with Crippen LogP contribution >= 0.6 is 24.0 Å². The van der Waals surface area contributed by atoms with Gasteiger partial charge in [-0.15, -0.1) is 12.4 Å². The molecule has 3 nitrogen and oxygen atoms in total. The van der Waals surface area contributed by atoms with Crippen LogP contribution in [0.2, 0.25) is 5.02 Å². The quantitative estimate of drug-likeness (QED) is 0.755. The third-order valence-electron chi connectivity index (χ3n) is 4.29. The van der Waals surface area contributed by atoms with E-state index < -0.39 is 5.97 Å². The van der Waals surface area contributed by atoms with Gasteiger partial charge in [0.2, 0.25) is 0 Å². The van der Waals surface area contributed by atoms with E-state index >= 15 is 0 Å². The molecule has 2 aromatic carbocycles. The van der Waals surface area contributed by atoms with E-state index in [9.17, 15) is 9.90 Å². The van der Waals surface area contributed by atoms with Gasteiger partial charge in [-0.05, 0) is 60.3 Å². The molecule has 25 heavy (non-hydrogen) atoms. The zero-order valence-electron chi connectivity index (χ0n) is 13.8. The van der Waals surface area contributed by atoms with Gasteiger partial charge in [0.15, 0.2) is 0 Å². The molecular formula is C20H21Cl2NO2. The Morgan fingerprint density at radius 3 is 2.04 bits per heavy atom. The molecule has 1 heterocycles. The van der Waals surface area contributed by atoms with E-state index in [2.05, 4.69) is 17.0 Å². The van der Waals surface area contributed by atoms with E-state index in [1.165, 1.54) is 24.5 Å². The molecule has 1 aliphatic rings. The summed E-state index contributed by atoms with van der Waals surface area (Å²) in [6.45, 7) is 3.28. The van der Waals surface area contributed by atoms with E-state index in [0.29, 0.717) is 10.6 Å². The molecular weight excluding hydrogens is 357 g/mol. The van der Waals surface area contributed by atoms with E-state index in [-0.39, 0.29) is 12.4 Å². The lowest BCUT2D eigenvalue weighted by molar-refractivity contribution is -0.131. The van der Waals surface area contributed by atoms with Crippen molar-refractivity contribution in [2.75, 3.05) is 13.1 Å². The lowest BCUT2D eigenvalue weighted by Crippen LogP contribution is -2.18. The lowest BCUT2D eigenvalue weighted by Gasteiger charge is -2.15. The number of aliphatic carboxylic acids is 1. The summed E-state index contributed by atoms with van der Waals surface area (Å²) in [6, 6.07) is 15.4. The number of carboxylic acids is 1. The molecule has 1 aliphatic heterocycles. The van der Waals surface area contributed by atoms with Crippen LogP contribution in [0.5, 0.6) is 0 Å². The van der Waals surface area contributed by atoms with E-state index in [4.69, 9.17) is 11.6 Å². The van der Waals surface area contributed by atoms with Crippen LogP contribution < -0.4 is 0 Å². The highest BCUT2D eigenvalue weighted by Gasteiger charge is 2.12. The van der Waals surface area contributed by atoms with E-state index in [0.717, 1.165) is 30.8 Å². The van der Waals surface area contributed by atoms with E-state index in [1.807, 2.05) is 24.3 Å². The fourth-order valence-corrected chi connectivity index (χ4v) is 3.20. The molecule has 1 fully saturated rings. The van der Waals surface area contributed by atoms with Crippen LogP contribution in [-0.2, 0) is 11.3 Å². The van der Waals surface area contributed by atoms with Crippen molar-refractivity contribution in [3.63, 3.8) is 0 Å². The number of hydrogen-bond donors (Lipinski definition) is 1. The minimum atomic E-state index is -0.957. The van der Waals surface area contributed by atoms with Gasteiger partial charge in [0, 0.05) is 17.6 Å². The summed E-state index contributed by atoms with van der Waals surface area (Å²) >= 11 is 5.93. The van der Waals surface area contributed by atoms with E-state index in [1.54, 1.807) is 12.1 Å². The number of benzene rings is 2. The second-order valence-electron chi connectivity index (χ2n) is 6.08. The number of carbonyl (C=O) groups is 1. The van der Waals surface area contributed by atoms with Gasteiger partial charge in [-0.3, -0.25) is 4.90 Å². The maximum Gasteiger partial charge on any atom is 0.328 e. The Morgan fingerprint density at radius 1 is 1.00 bits per heavy atom. The largest absolute Gasteiger partial charge is 0.478 e. The van der Waals surface area contributed by atoms with Crippen LogP contribution in [-0.4, -0.2) is 29.1 Å². The summed E-state index contributed by atoms with van der Waals surface area (Å²) in [5, 5.41) is 9.83. The fourth-order valence-electron chi connectivity index (χ4n) is 3.07. The lowest BCUT2D eigenvalue weighted by atomic mass is 9.96. The molecule has 2 aromatic rings. The van der Waals surface area contributed by atoms with Gasteiger partial charge in [0.25, 0.3) is 0 Å². The third-order valence-corrected chi connectivity index (χ3v) is 4.54. The molecule has 3 rings (SSSR count). The van der Waals surface area contributed by atoms with Crippen LogP contribution in [0.1, 0.15) is 29.5 Å². The number of hydrogen-bond acceptors (Lipinski definition) is 2. The Labute approximate surface area is 159 Å². The second kappa shape index (κ2) is 9.04. The SMILES string of the molecule is Cl.O=C(O)/C=C(\c1ccc(Cl)cc1)c1ccc(CN2CCCC2)cc1. The first-order valence-corrected chi connectivity index (χ1v) is 8.52. The van der Waals surface area contributed by atoms with Gasteiger partial charge < -0.3 is 5.11 Å². The average molecular weight is 378 g/mol. The number of likely N-dealkylation sites (tertiary alicyclic amines) is 1. The van der Waals surface area contributed by atoms with Crippen molar-refractivity contribution >= 4 is 35.6 Å². The highest BCUT2D eigenvalue weighted by molar-refractivity contribution is 6.30. The van der Waals surface area contributed by atoms with Crippen LogP contribution in [0.25, 0.3) is 5.57 Å². The Kier molecular flexibility index (Phi) is 7.06. The van der Waals surface area contributed by atoms with Gasteiger partial charge in [0.05, 0.1) is 0 Å². The van der Waals surface area contributed by atoms with Gasteiger partial charge >= 0.3 is 5.97 Å². The minimum absolute atomic E-state index is 0. The molecule has 5 heteroatoms. The highest BCUT2D eigenvalue weighted by Crippen LogP contribution is 2.25. The number of carboxylic acid groups (broad SMARTS) is 1. The van der Waals surface area contributed by atoms with Crippen molar-refractivity contribution in [3.8, 4) is 0 Å². The molecule has 1 saturated heterocycles. The third kappa shape index (κ3) is 5.33. The molecule has 0 unspecified atom stereocenters. The first-order valence-electron chi connectivity index (χ1n) is 8.14. The predicted octanol–water partition coefficient (Wildman–Crippen LogP) is 4.87. The normalized spacial score (nSPS) is 15.0. The Hall–Kier alpha value is -1.81. The summed E-state index contributed by atoms with van der Waals surface area (Å²) in [5.41, 5.74) is 3.68. The van der Waals surface area contributed by atoms with Gasteiger partial charge in [-0.2, -0.15) is 0 Å². The summed E-state index contributed by atoms with van der Waals surface area (Å²) in [4.78, 5) is 13.7. The zero-order valence-corrected chi connectivity index (χ0v) is 15.4. The van der Waals surface area contributed by atoms with Gasteiger partial charge in [0.1, 0.15) is 0 Å². The van der Waals surface area contributed by atoms with Crippen molar-refractivity contribution in [2.24, 2.45) is 0 Å². The second-order valence-corrected chi connectivity index (χ2v) is 6.52. The molecule has 0 aliphatic carbocycles. The van der Waals surface area contributed by atoms with Crippen molar-refractivity contribution in [1.82, 2.24) is 4.90 Å². The summed E-state index contributed by atoms with van der Waals surface area (Å²) in [6.07, 6.45) is 3.80. The number of nitrogens with zero attached hydrogens (tertiary/aromatic N) is 1. The molecule has 0 amide bonds. The average Bonchev–Trinajstić information content (AvgIpc) is 3.07. The standard InChI is InChI=1S/C20H20ClNO2.ClH/c21-18-9-7-17(8-10-18)19(13-20(23)24)16-5-3-15(4-6-16)14-22-11-1-2-12-22;/h3-10,13H,1-2,11-12,14H2,(H,23,24);1H/b19-13-;.